The second-order valence-electron chi connectivity index (χ2n) is 5.36. The van der Waals surface area contributed by atoms with Gasteiger partial charge in [0.05, 0.1) is 0 Å². The number of nitrogens with zero attached hydrogens (tertiary/aromatic N) is 1. The summed E-state index contributed by atoms with van der Waals surface area (Å²) in [6.07, 6.45) is 4.17. The van der Waals surface area contributed by atoms with Gasteiger partial charge in [-0.2, -0.15) is 0 Å². The van der Waals surface area contributed by atoms with E-state index in [9.17, 15) is 19.5 Å². The second-order valence-corrected chi connectivity index (χ2v) is 5.36. The number of hydrogen-bond donors (Lipinski definition) is 1. The van der Waals surface area contributed by atoms with Crippen molar-refractivity contribution in [3.05, 3.63) is 52.7 Å². The van der Waals surface area contributed by atoms with Crippen molar-refractivity contribution in [2.75, 3.05) is 0 Å². The molecule has 5 nitrogen and oxygen atoms in total. The molecule has 5 heteroatoms. The van der Waals surface area contributed by atoms with Crippen molar-refractivity contribution < 1.29 is 19.5 Å². The number of carbonyl (C=O) groups excluding carboxylic acids is 2. The van der Waals surface area contributed by atoms with E-state index >= 15 is 0 Å². The topological polar surface area (TPSA) is 74.7 Å². The third-order valence-corrected chi connectivity index (χ3v) is 3.95. The number of carbonyl (C=O) groups is 3. The van der Waals surface area contributed by atoms with Crippen LogP contribution < -0.4 is 0 Å². The molecule has 1 aromatic rings. The van der Waals surface area contributed by atoms with Crippen LogP contribution in [-0.2, 0) is 14.4 Å². The van der Waals surface area contributed by atoms with Gasteiger partial charge in [0.1, 0.15) is 5.70 Å². The molecule has 0 bridgehead atoms. The van der Waals surface area contributed by atoms with E-state index in [1.165, 1.54) is 6.08 Å². The predicted octanol–water partition coefficient (Wildman–Crippen LogP) is 2.35. The third kappa shape index (κ3) is 2.35. The number of aliphatic carboxylic acids is 1. The summed E-state index contributed by atoms with van der Waals surface area (Å²) in [6, 6.07) is 8.79. The van der Waals surface area contributed by atoms with Gasteiger partial charge >= 0.3 is 5.97 Å². The molecule has 0 saturated heterocycles. The van der Waals surface area contributed by atoms with Crippen molar-refractivity contribution in [2.24, 2.45) is 0 Å². The summed E-state index contributed by atoms with van der Waals surface area (Å²) in [4.78, 5) is 37.2. The largest absolute Gasteiger partial charge is 0.477 e. The average Bonchev–Trinajstić information content (AvgIpc) is 2.78. The van der Waals surface area contributed by atoms with Crippen LogP contribution in [0.4, 0.5) is 0 Å². The zero-order valence-electron chi connectivity index (χ0n) is 11.9. The Hall–Kier alpha value is -2.69. The van der Waals surface area contributed by atoms with Crippen LogP contribution in [0, 0.1) is 0 Å². The summed E-state index contributed by atoms with van der Waals surface area (Å²) in [7, 11) is 0. The number of carboxylic acids is 1. The Morgan fingerprint density at radius 2 is 1.55 bits per heavy atom. The fourth-order valence-corrected chi connectivity index (χ4v) is 2.89. The highest BCUT2D eigenvalue weighted by molar-refractivity contribution is 6.23. The van der Waals surface area contributed by atoms with E-state index in [2.05, 4.69) is 0 Å². The SMILES string of the molecule is O=C(O)C(=Cc1ccccc1)N1C(=O)C2=C(CCCC2)C1=O. The Bertz CT molecular complexity index is 687. The Morgan fingerprint density at radius 1 is 1.00 bits per heavy atom. The minimum atomic E-state index is -1.29. The van der Waals surface area contributed by atoms with Crippen molar-refractivity contribution in [1.29, 1.82) is 0 Å². The maximum atomic E-state index is 12.4. The molecule has 0 spiro atoms. The Labute approximate surface area is 127 Å². The van der Waals surface area contributed by atoms with E-state index in [4.69, 9.17) is 0 Å². The summed E-state index contributed by atoms with van der Waals surface area (Å²) in [6.45, 7) is 0. The maximum absolute atomic E-state index is 12.4. The van der Waals surface area contributed by atoms with Crippen LogP contribution in [0.2, 0.25) is 0 Å². The molecule has 0 aromatic heterocycles. The lowest BCUT2D eigenvalue weighted by Gasteiger charge is -2.15. The van der Waals surface area contributed by atoms with Crippen molar-refractivity contribution in [1.82, 2.24) is 4.90 Å². The van der Waals surface area contributed by atoms with Gasteiger partial charge < -0.3 is 5.11 Å². The third-order valence-electron chi connectivity index (χ3n) is 3.95. The Kier molecular flexibility index (Phi) is 3.63. The second kappa shape index (κ2) is 5.60. The lowest BCUT2D eigenvalue weighted by Crippen LogP contribution is -2.34. The molecule has 1 N–H and O–H groups in total. The number of amides is 2. The van der Waals surface area contributed by atoms with Gasteiger partial charge in [0.25, 0.3) is 11.8 Å². The van der Waals surface area contributed by atoms with Gasteiger partial charge in [-0.1, -0.05) is 30.3 Å². The highest BCUT2D eigenvalue weighted by Crippen LogP contribution is 2.35. The molecule has 22 heavy (non-hydrogen) atoms. The summed E-state index contributed by atoms with van der Waals surface area (Å²) in [5, 5.41) is 9.43. The zero-order chi connectivity index (χ0) is 15.7. The van der Waals surface area contributed by atoms with Crippen LogP contribution >= 0.6 is 0 Å². The van der Waals surface area contributed by atoms with Gasteiger partial charge in [-0.05, 0) is 37.3 Å². The maximum Gasteiger partial charge on any atom is 0.353 e. The normalized spacial score (nSPS) is 18.7. The highest BCUT2D eigenvalue weighted by Gasteiger charge is 2.42. The van der Waals surface area contributed by atoms with Crippen LogP contribution in [0.1, 0.15) is 31.2 Å². The molecule has 1 aliphatic heterocycles. The summed E-state index contributed by atoms with van der Waals surface area (Å²) < 4.78 is 0. The van der Waals surface area contributed by atoms with Gasteiger partial charge in [0, 0.05) is 11.1 Å². The van der Waals surface area contributed by atoms with Crippen molar-refractivity contribution in [3.63, 3.8) is 0 Å². The van der Waals surface area contributed by atoms with Crippen LogP contribution in [0.15, 0.2) is 47.2 Å². The number of benzene rings is 1. The number of carboxylic acid groups (broad SMARTS) is 1. The van der Waals surface area contributed by atoms with Crippen LogP contribution in [-0.4, -0.2) is 27.8 Å². The summed E-state index contributed by atoms with van der Waals surface area (Å²) in [5.74, 6) is -2.25. The monoisotopic (exact) mass is 297 g/mol. The van der Waals surface area contributed by atoms with E-state index in [-0.39, 0.29) is 5.70 Å². The Morgan fingerprint density at radius 3 is 2.05 bits per heavy atom. The first kappa shape index (κ1) is 14.3. The smallest absolute Gasteiger partial charge is 0.353 e. The van der Waals surface area contributed by atoms with Gasteiger partial charge in [-0.3, -0.25) is 9.59 Å². The first-order valence-electron chi connectivity index (χ1n) is 7.20. The molecular formula is C17H15NO4. The fraction of sp³-hybridized carbons (Fsp3) is 0.235. The van der Waals surface area contributed by atoms with Crippen LogP contribution in [0.3, 0.4) is 0 Å². The summed E-state index contributed by atoms with van der Waals surface area (Å²) >= 11 is 0. The molecule has 0 atom stereocenters. The standard InChI is InChI=1S/C17H15NO4/c19-15-12-8-4-5-9-13(12)16(20)18(15)14(17(21)22)10-11-6-2-1-3-7-11/h1-3,6-7,10H,4-5,8-9H2,(H,21,22). The molecule has 0 radical (unpaired) electrons. The molecule has 3 rings (SSSR count). The average molecular weight is 297 g/mol. The summed E-state index contributed by atoms with van der Waals surface area (Å²) in [5.41, 5.74) is 1.30. The molecule has 0 unspecified atom stereocenters. The van der Waals surface area contributed by atoms with Gasteiger partial charge in [-0.15, -0.1) is 0 Å². The van der Waals surface area contributed by atoms with Gasteiger partial charge in [0.15, 0.2) is 0 Å². The van der Waals surface area contributed by atoms with Gasteiger partial charge in [0.2, 0.25) is 0 Å². The van der Waals surface area contributed by atoms with E-state index in [1.807, 2.05) is 6.07 Å². The lowest BCUT2D eigenvalue weighted by molar-refractivity contribution is -0.143. The van der Waals surface area contributed by atoms with Crippen LogP contribution in [0.5, 0.6) is 0 Å². The molecule has 1 heterocycles. The first-order valence-corrected chi connectivity index (χ1v) is 7.20. The minimum Gasteiger partial charge on any atom is -0.477 e. The quantitative estimate of drug-likeness (QED) is 0.686. The Balaban J connectivity index is 2.01. The van der Waals surface area contributed by atoms with Crippen molar-refractivity contribution in [2.45, 2.75) is 25.7 Å². The molecule has 112 valence electrons. The van der Waals surface area contributed by atoms with Crippen molar-refractivity contribution in [3.8, 4) is 0 Å². The number of imide groups is 1. The first-order chi connectivity index (χ1) is 10.6. The van der Waals surface area contributed by atoms with Gasteiger partial charge in [-0.25, -0.2) is 9.69 Å². The lowest BCUT2D eigenvalue weighted by atomic mass is 9.93. The molecule has 0 fully saturated rings. The molecular weight excluding hydrogens is 282 g/mol. The van der Waals surface area contributed by atoms with E-state index in [0.717, 1.165) is 17.7 Å². The van der Waals surface area contributed by atoms with Crippen molar-refractivity contribution >= 4 is 23.9 Å². The van der Waals surface area contributed by atoms with E-state index in [1.54, 1.807) is 24.3 Å². The molecule has 2 amide bonds. The number of rotatable bonds is 3. The van der Waals surface area contributed by atoms with E-state index < -0.39 is 17.8 Å². The molecule has 1 aromatic carbocycles. The van der Waals surface area contributed by atoms with Crippen LogP contribution in [0.25, 0.3) is 6.08 Å². The zero-order valence-corrected chi connectivity index (χ0v) is 11.9. The molecule has 0 saturated carbocycles. The predicted molar refractivity (Wildman–Crippen MR) is 79.4 cm³/mol. The highest BCUT2D eigenvalue weighted by atomic mass is 16.4. The van der Waals surface area contributed by atoms with E-state index in [0.29, 0.717) is 29.6 Å². The molecule has 1 aliphatic carbocycles. The minimum absolute atomic E-state index is 0.296. The fourth-order valence-electron chi connectivity index (χ4n) is 2.89. The molecule has 2 aliphatic rings. The number of hydrogen-bond acceptors (Lipinski definition) is 3.